The predicted molar refractivity (Wildman–Crippen MR) is 38.1 cm³/mol. The molecular weight excluding hydrogens is 162 g/mol. The van der Waals surface area contributed by atoms with Crippen LogP contribution in [0.5, 0.6) is 0 Å². The van der Waals surface area contributed by atoms with E-state index >= 15 is 0 Å². The number of carbonyl (C=O) groups excluding carboxylic acids is 1. The van der Waals surface area contributed by atoms with E-state index in [0.29, 0.717) is 11.5 Å². The molecule has 3 N–H and O–H groups in total. The molecule has 0 saturated carbocycles. The number of fused-ring (bicyclic) bond motifs is 1. The quantitative estimate of drug-likeness (QED) is 0.461. The molecule has 1 aromatic rings. The zero-order valence-electron chi connectivity index (χ0n) is 6.27. The molecule has 0 fully saturated rings. The fraction of sp³-hybridized carbons (Fsp3) is 0.400. The normalized spacial score (nSPS) is 21.2. The number of carbonyl (C=O) groups is 1. The van der Waals surface area contributed by atoms with Crippen molar-refractivity contribution in [2.45, 2.75) is 6.23 Å². The Balaban J connectivity index is 2.46. The number of nitrogens with one attached hydrogen (secondary N) is 2. The molecule has 0 saturated heterocycles. The molecule has 1 atom stereocenters. The number of hydrogen-bond donors (Lipinski definition) is 3. The summed E-state index contributed by atoms with van der Waals surface area (Å²) in [6.07, 6.45) is -1.07. The maximum absolute atomic E-state index is 10.8. The second-order valence-corrected chi connectivity index (χ2v) is 2.42. The van der Waals surface area contributed by atoms with Crippen LogP contribution < -0.4 is 10.6 Å². The number of hydrogen-bond acceptors (Lipinski definition) is 4. The van der Waals surface area contributed by atoms with Gasteiger partial charge in [0.1, 0.15) is 0 Å². The van der Waals surface area contributed by atoms with E-state index in [-0.39, 0.29) is 0 Å². The Morgan fingerprint density at radius 2 is 2.33 bits per heavy atom. The minimum Gasteiger partial charge on any atom is -0.368 e. The number of aryl methyl sites for hydroxylation is 1. The van der Waals surface area contributed by atoms with E-state index in [9.17, 15) is 9.90 Å². The molecule has 2 amide bonds. The number of urea groups is 1. The third-order valence-corrected chi connectivity index (χ3v) is 1.50. The van der Waals surface area contributed by atoms with E-state index in [0.717, 1.165) is 0 Å². The van der Waals surface area contributed by atoms with Gasteiger partial charge in [0, 0.05) is 7.05 Å². The van der Waals surface area contributed by atoms with Gasteiger partial charge in [-0.1, -0.05) is 0 Å². The van der Waals surface area contributed by atoms with Crippen LogP contribution in [-0.2, 0) is 7.05 Å². The lowest BCUT2D eigenvalue weighted by molar-refractivity contribution is 0.139. The minimum atomic E-state index is -1.07. The van der Waals surface area contributed by atoms with Crippen LogP contribution in [0.4, 0.5) is 10.6 Å². The summed E-state index contributed by atoms with van der Waals surface area (Å²) in [5, 5.41) is 21.6. The molecule has 64 valence electrons. The highest BCUT2D eigenvalue weighted by molar-refractivity contribution is 5.90. The lowest BCUT2D eigenvalue weighted by Crippen LogP contribution is -2.37. The SMILES string of the molecule is Cn1nc2c(n1)C(O)NC(=O)N2. The summed E-state index contributed by atoms with van der Waals surface area (Å²) in [6.45, 7) is 0. The number of rotatable bonds is 0. The smallest absolute Gasteiger partial charge is 0.322 e. The van der Waals surface area contributed by atoms with Gasteiger partial charge in [0.25, 0.3) is 0 Å². The molecule has 12 heavy (non-hydrogen) atoms. The van der Waals surface area contributed by atoms with E-state index in [1.165, 1.54) is 4.80 Å². The van der Waals surface area contributed by atoms with Gasteiger partial charge >= 0.3 is 6.03 Å². The molecular formula is C5H7N5O2. The second-order valence-electron chi connectivity index (χ2n) is 2.42. The van der Waals surface area contributed by atoms with Crippen LogP contribution in [0.25, 0.3) is 0 Å². The summed E-state index contributed by atoms with van der Waals surface area (Å²) >= 11 is 0. The standard InChI is InChI=1S/C5H7N5O2/c1-10-8-2-3(9-10)6-5(12)7-4(2)11/h4,11H,1H3,(H2,6,7,9,12). The molecule has 1 aliphatic rings. The zero-order chi connectivity index (χ0) is 8.72. The summed E-state index contributed by atoms with van der Waals surface area (Å²) in [4.78, 5) is 12.1. The van der Waals surface area contributed by atoms with Crippen LogP contribution >= 0.6 is 0 Å². The Hall–Kier alpha value is -1.63. The Kier molecular flexibility index (Phi) is 1.28. The Labute approximate surface area is 67.4 Å². The van der Waals surface area contributed by atoms with E-state index < -0.39 is 12.3 Å². The van der Waals surface area contributed by atoms with E-state index in [2.05, 4.69) is 20.8 Å². The van der Waals surface area contributed by atoms with Crippen molar-refractivity contribution in [1.82, 2.24) is 20.3 Å². The number of nitrogens with zero attached hydrogens (tertiary/aromatic N) is 3. The van der Waals surface area contributed by atoms with Crippen molar-refractivity contribution >= 4 is 11.8 Å². The van der Waals surface area contributed by atoms with Crippen molar-refractivity contribution in [1.29, 1.82) is 0 Å². The monoisotopic (exact) mass is 169 g/mol. The predicted octanol–water partition coefficient (Wildman–Crippen LogP) is -1.06. The summed E-state index contributed by atoms with van der Waals surface area (Å²) in [6, 6.07) is -0.476. The van der Waals surface area contributed by atoms with Crippen molar-refractivity contribution in [3.8, 4) is 0 Å². The Bertz CT molecular complexity index is 333. The topological polar surface area (TPSA) is 92.1 Å². The number of anilines is 1. The first kappa shape index (κ1) is 7.04. The van der Waals surface area contributed by atoms with E-state index in [1.54, 1.807) is 7.05 Å². The number of aromatic nitrogens is 3. The molecule has 2 heterocycles. The molecule has 0 aromatic carbocycles. The average Bonchev–Trinajstić information content (AvgIpc) is 2.29. The second kappa shape index (κ2) is 2.18. The zero-order valence-corrected chi connectivity index (χ0v) is 6.27. The highest BCUT2D eigenvalue weighted by atomic mass is 16.3. The molecule has 0 aliphatic carbocycles. The van der Waals surface area contributed by atoms with Gasteiger partial charge in [0.15, 0.2) is 17.7 Å². The molecule has 1 aliphatic heterocycles. The van der Waals surface area contributed by atoms with E-state index in [1.807, 2.05) is 0 Å². The third kappa shape index (κ3) is 0.909. The first-order valence-corrected chi connectivity index (χ1v) is 3.33. The largest absolute Gasteiger partial charge is 0.368 e. The fourth-order valence-corrected chi connectivity index (χ4v) is 1.03. The summed E-state index contributed by atoms with van der Waals surface area (Å²) < 4.78 is 0. The fourth-order valence-electron chi connectivity index (χ4n) is 1.03. The van der Waals surface area contributed by atoms with Gasteiger partial charge in [-0.3, -0.25) is 5.32 Å². The highest BCUT2D eigenvalue weighted by Gasteiger charge is 2.26. The van der Waals surface area contributed by atoms with Crippen molar-refractivity contribution < 1.29 is 9.90 Å². The molecule has 0 bridgehead atoms. The first-order valence-electron chi connectivity index (χ1n) is 3.33. The molecule has 2 rings (SSSR count). The molecule has 0 radical (unpaired) electrons. The van der Waals surface area contributed by atoms with Gasteiger partial charge in [0.05, 0.1) is 0 Å². The van der Waals surface area contributed by atoms with Crippen molar-refractivity contribution in [2.75, 3.05) is 5.32 Å². The minimum absolute atomic E-state index is 0.300. The summed E-state index contributed by atoms with van der Waals surface area (Å²) in [5.41, 5.74) is 0.331. The van der Waals surface area contributed by atoms with E-state index in [4.69, 9.17) is 0 Å². The number of aliphatic hydroxyl groups excluding tert-OH is 1. The van der Waals surface area contributed by atoms with Gasteiger partial charge in [-0.25, -0.2) is 4.79 Å². The molecule has 1 unspecified atom stereocenters. The van der Waals surface area contributed by atoms with Crippen LogP contribution in [0.1, 0.15) is 11.9 Å². The highest BCUT2D eigenvalue weighted by Crippen LogP contribution is 2.19. The van der Waals surface area contributed by atoms with Crippen LogP contribution in [0.2, 0.25) is 0 Å². The maximum Gasteiger partial charge on any atom is 0.322 e. The Morgan fingerprint density at radius 3 is 3.08 bits per heavy atom. The summed E-state index contributed by atoms with van der Waals surface area (Å²) in [5.74, 6) is 0.300. The van der Waals surface area contributed by atoms with Crippen molar-refractivity contribution in [2.24, 2.45) is 7.05 Å². The van der Waals surface area contributed by atoms with Gasteiger partial charge in [-0.15, -0.1) is 5.10 Å². The average molecular weight is 169 g/mol. The lowest BCUT2D eigenvalue weighted by atomic mass is 10.3. The molecule has 1 aromatic heterocycles. The molecule has 7 heteroatoms. The molecule has 7 nitrogen and oxygen atoms in total. The van der Waals surface area contributed by atoms with Gasteiger partial charge in [-0.05, 0) is 0 Å². The maximum atomic E-state index is 10.8. The number of aliphatic hydroxyl groups is 1. The van der Waals surface area contributed by atoms with Gasteiger partial charge < -0.3 is 10.4 Å². The lowest BCUT2D eigenvalue weighted by Gasteiger charge is -2.16. The van der Waals surface area contributed by atoms with Gasteiger partial charge in [-0.2, -0.15) is 9.90 Å². The number of amides is 2. The van der Waals surface area contributed by atoms with Gasteiger partial charge in [0.2, 0.25) is 0 Å². The van der Waals surface area contributed by atoms with Crippen LogP contribution in [0, 0.1) is 0 Å². The van der Waals surface area contributed by atoms with Crippen molar-refractivity contribution in [3.63, 3.8) is 0 Å². The third-order valence-electron chi connectivity index (χ3n) is 1.50. The van der Waals surface area contributed by atoms with Crippen LogP contribution in [0.15, 0.2) is 0 Å². The van der Waals surface area contributed by atoms with Crippen LogP contribution in [0.3, 0.4) is 0 Å². The molecule has 0 spiro atoms. The van der Waals surface area contributed by atoms with Crippen molar-refractivity contribution in [3.05, 3.63) is 5.69 Å². The Morgan fingerprint density at radius 1 is 1.58 bits per heavy atom. The first-order chi connectivity index (χ1) is 5.66. The summed E-state index contributed by atoms with van der Waals surface area (Å²) in [7, 11) is 1.61. The van der Waals surface area contributed by atoms with Crippen LogP contribution in [-0.4, -0.2) is 26.1 Å².